The van der Waals surface area contributed by atoms with Crippen molar-refractivity contribution in [3.05, 3.63) is 77.1 Å². The van der Waals surface area contributed by atoms with Gasteiger partial charge in [0.25, 0.3) is 0 Å². The maximum absolute atomic E-state index is 13.6. The highest BCUT2D eigenvalue weighted by Crippen LogP contribution is 2.39. The lowest BCUT2D eigenvalue weighted by Gasteiger charge is -2.27. The van der Waals surface area contributed by atoms with Crippen LogP contribution in [0, 0.1) is 35.0 Å². The van der Waals surface area contributed by atoms with Gasteiger partial charge in [0.2, 0.25) is 34.8 Å². The molecule has 0 heterocycles. The van der Waals surface area contributed by atoms with Crippen LogP contribution in [0.5, 0.6) is 5.75 Å². The van der Waals surface area contributed by atoms with Crippen molar-refractivity contribution in [2.45, 2.75) is 64.8 Å². The predicted octanol–water partition coefficient (Wildman–Crippen LogP) is 8.77. The zero-order chi connectivity index (χ0) is 29.4. The Hall–Kier alpha value is -2.77. The highest BCUT2D eigenvalue weighted by molar-refractivity contribution is 7.49. The summed E-state index contributed by atoms with van der Waals surface area (Å²) in [6.45, 7) is 6.92. The third-order valence-corrected chi connectivity index (χ3v) is 8.32. The number of halogens is 5. The largest absolute Gasteiger partial charge is 0.464 e. The van der Waals surface area contributed by atoms with Crippen LogP contribution in [0.1, 0.15) is 64.4 Å². The first kappa shape index (κ1) is 31.8. The number of fused-ring (bicyclic) bond motifs is 1. The van der Waals surface area contributed by atoms with Crippen molar-refractivity contribution >= 4 is 25.0 Å². The highest BCUT2D eigenvalue weighted by atomic mass is 31.2. The molecule has 0 spiro atoms. The van der Waals surface area contributed by atoms with Crippen LogP contribution in [0.4, 0.5) is 22.0 Å². The molecule has 0 radical (unpaired) electrons. The van der Waals surface area contributed by atoms with Crippen LogP contribution in [0.2, 0.25) is 0 Å². The van der Waals surface area contributed by atoms with Crippen molar-refractivity contribution in [3.8, 4) is 5.75 Å². The van der Waals surface area contributed by atoms with Crippen molar-refractivity contribution in [3.63, 3.8) is 0 Å². The monoisotopic (exact) mass is 583 g/mol. The molecular formula is C30H35F5NO3P. The molecule has 1 saturated carbocycles. The number of hydrogen-bond donors (Lipinski definition) is 1. The highest BCUT2D eigenvalue weighted by Gasteiger charge is 2.29. The van der Waals surface area contributed by atoms with Crippen LogP contribution in [-0.4, -0.2) is 25.3 Å². The molecule has 10 heteroatoms. The average molecular weight is 584 g/mol. The summed E-state index contributed by atoms with van der Waals surface area (Å²) in [5, 5.41) is 5.44. The van der Waals surface area contributed by atoms with Crippen LogP contribution < -0.4 is 9.61 Å². The van der Waals surface area contributed by atoms with E-state index in [0.29, 0.717) is 0 Å². The van der Waals surface area contributed by atoms with E-state index in [0.717, 1.165) is 18.8 Å². The summed E-state index contributed by atoms with van der Waals surface area (Å²) in [5.74, 6) is -11.5. The van der Waals surface area contributed by atoms with E-state index in [1.807, 2.05) is 13.8 Å². The summed E-state index contributed by atoms with van der Waals surface area (Å²) in [6.07, 6.45) is 5.86. The average Bonchev–Trinajstić information content (AvgIpc) is 2.93. The van der Waals surface area contributed by atoms with Crippen molar-refractivity contribution in [1.29, 1.82) is 0 Å². The number of carbonyl (C=O) groups excluding carboxylic acids is 1. The molecule has 0 amide bonds. The summed E-state index contributed by atoms with van der Waals surface area (Å²) < 4.78 is 76.5. The van der Waals surface area contributed by atoms with Crippen LogP contribution in [0.15, 0.2) is 42.5 Å². The SMILES string of the molecule is CCC(CC)COC(=O)[C@H](C)NP(C)Oc1c(F)c(F)c(F)c(F)c1F.c1ccc2c(C3CCC3)cccc2c1. The minimum atomic E-state index is -2.26. The fourth-order valence-electron chi connectivity index (χ4n) is 4.33. The molecule has 1 aliphatic carbocycles. The molecule has 1 unspecified atom stereocenters. The first-order valence-electron chi connectivity index (χ1n) is 13.4. The topological polar surface area (TPSA) is 47.6 Å². The maximum Gasteiger partial charge on any atom is 0.323 e. The predicted molar refractivity (Wildman–Crippen MR) is 148 cm³/mol. The molecular weight excluding hydrogens is 548 g/mol. The fourth-order valence-corrected chi connectivity index (χ4v) is 5.47. The molecule has 1 fully saturated rings. The molecule has 3 aromatic carbocycles. The van der Waals surface area contributed by atoms with Gasteiger partial charge in [-0.15, -0.1) is 0 Å². The molecule has 4 rings (SSSR count). The van der Waals surface area contributed by atoms with E-state index >= 15 is 0 Å². The van der Waals surface area contributed by atoms with Gasteiger partial charge in [-0.05, 0) is 47.9 Å². The number of esters is 1. The number of benzene rings is 3. The number of carbonyl (C=O) groups is 1. The molecule has 0 aromatic heterocycles. The molecule has 1 aliphatic rings. The Morgan fingerprint density at radius 1 is 0.925 bits per heavy atom. The summed E-state index contributed by atoms with van der Waals surface area (Å²) in [5.41, 5.74) is 1.56. The van der Waals surface area contributed by atoms with Gasteiger partial charge in [-0.2, -0.15) is 8.78 Å². The first-order chi connectivity index (χ1) is 19.1. The molecule has 4 nitrogen and oxygen atoms in total. The standard InChI is InChI=1S/C16H21F5NO3P.C14H14/c1-5-9(6-2)7-24-16(23)8(3)22-26(4)25-15-13(20)11(18)10(17)12(19)14(15)21;1-2-9-13-11(5-1)8-4-10-14(13)12-6-3-7-12/h8-9,22H,5-7H2,1-4H3;1-2,4-5,8-10,12H,3,6-7H2/t8-,26?;/m0./s1. The lowest BCUT2D eigenvalue weighted by Crippen LogP contribution is -2.33. The molecule has 40 heavy (non-hydrogen) atoms. The Morgan fingerprint density at radius 3 is 2.08 bits per heavy atom. The summed E-state index contributed by atoms with van der Waals surface area (Å²) in [7, 11) is -1.92. The second-order valence-electron chi connectivity index (χ2n) is 9.85. The van der Waals surface area contributed by atoms with Crippen molar-refractivity contribution in [1.82, 2.24) is 5.09 Å². The Bertz CT molecular complexity index is 1270. The number of nitrogens with one attached hydrogen (secondary N) is 1. The van der Waals surface area contributed by atoms with Gasteiger partial charge in [-0.1, -0.05) is 75.6 Å². The van der Waals surface area contributed by atoms with E-state index < -0.39 is 55.1 Å². The third-order valence-electron chi connectivity index (χ3n) is 7.11. The second-order valence-corrected chi connectivity index (χ2v) is 11.3. The minimum Gasteiger partial charge on any atom is -0.464 e. The van der Waals surface area contributed by atoms with Gasteiger partial charge in [0, 0.05) is 6.66 Å². The first-order valence-corrected chi connectivity index (χ1v) is 15.1. The lowest BCUT2D eigenvalue weighted by molar-refractivity contribution is -0.146. The van der Waals surface area contributed by atoms with Gasteiger partial charge >= 0.3 is 5.97 Å². The van der Waals surface area contributed by atoms with Crippen molar-refractivity contribution in [2.75, 3.05) is 13.3 Å². The van der Waals surface area contributed by atoms with E-state index in [4.69, 9.17) is 9.26 Å². The Morgan fingerprint density at radius 2 is 1.50 bits per heavy atom. The molecule has 3 aromatic rings. The molecule has 218 valence electrons. The van der Waals surface area contributed by atoms with E-state index in [9.17, 15) is 26.7 Å². The number of hydrogen-bond acceptors (Lipinski definition) is 4. The quantitative estimate of drug-likeness (QED) is 0.0852. The summed E-state index contributed by atoms with van der Waals surface area (Å²) >= 11 is 0. The van der Waals surface area contributed by atoms with Gasteiger partial charge < -0.3 is 9.26 Å². The molecule has 0 saturated heterocycles. The molecule has 1 N–H and O–H groups in total. The number of ether oxygens (including phenoxy) is 1. The van der Waals surface area contributed by atoms with Gasteiger partial charge in [-0.25, -0.2) is 13.2 Å². The second kappa shape index (κ2) is 14.7. The molecule has 2 atom stereocenters. The maximum atomic E-state index is 13.6. The zero-order valence-corrected chi connectivity index (χ0v) is 24.0. The van der Waals surface area contributed by atoms with Crippen LogP contribution in [0.25, 0.3) is 10.8 Å². The van der Waals surface area contributed by atoms with Gasteiger partial charge in [-0.3, -0.25) is 9.88 Å². The smallest absolute Gasteiger partial charge is 0.323 e. The van der Waals surface area contributed by atoms with E-state index in [1.54, 1.807) is 5.56 Å². The van der Waals surface area contributed by atoms with Crippen LogP contribution in [-0.2, 0) is 9.53 Å². The summed E-state index contributed by atoms with van der Waals surface area (Å²) in [4.78, 5) is 11.9. The fraction of sp³-hybridized carbons (Fsp3) is 0.433. The Kier molecular flexibility index (Phi) is 11.7. The van der Waals surface area contributed by atoms with Crippen LogP contribution >= 0.6 is 8.30 Å². The lowest BCUT2D eigenvalue weighted by atomic mass is 9.78. The third kappa shape index (κ3) is 7.70. The normalized spacial score (nSPS) is 14.8. The van der Waals surface area contributed by atoms with Gasteiger partial charge in [0.1, 0.15) is 6.04 Å². The number of rotatable bonds is 10. The van der Waals surface area contributed by atoms with E-state index in [1.165, 1.54) is 43.6 Å². The van der Waals surface area contributed by atoms with Crippen molar-refractivity contribution < 1.29 is 36.0 Å². The van der Waals surface area contributed by atoms with Crippen molar-refractivity contribution in [2.24, 2.45) is 5.92 Å². The Balaban J connectivity index is 0.000000260. The summed E-state index contributed by atoms with van der Waals surface area (Å²) in [6, 6.07) is 14.5. The zero-order valence-electron chi connectivity index (χ0n) is 23.1. The molecule has 0 aliphatic heterocycles. The minimum absolute atomic E-state index is 0.221. The van der Waals surface area contributed by atoms with Gasteiger partial charge in [0.05, 0.1) is 6.61 Å². The van der Waals surface area contributed by atoms with Crippen LogP contribution in [0.3, 0.4) is 0 Å². The van der Waals surface area contributed by atoms with E-state index in [2.05, 4.69) is 47.6 Å². The Labute approximate surface area is 233 Å². The molecule has 0 bridgehead atoms. The van der Waals surface area contributed by atoms with Gasteiger partial charge in [0.15, 0.2) is 8.30 Å². The van der Waals surface area contributed by atoms with E-state index in [-0.39, 0.29) is 12.5 Å².